The number of carbonyl (C=O) groups excluding carboxylic acids is 1. The van der Waals surface area contributed by atoms with Gasteiger partial charge in [0.15, 0.2) is 5.69 Å². The molecule has 0 amide bonds. The van der Waals surface area contributed by atoms with Crippen molar-refractivity contribution < 1.29 is 14.3 Å². The topological polar surface area (TPSA) is 75.6 Å². The molecule has 72 valence electrons. The Bertz CT molecular complexity index is 413. The van der Waals surface area contributed by atoms with E-state index in [1.807, 2.05) is 0 Å². The van der Waals surface area contributed by atoms with Crippen LogP contribution in [0.4, 0.5) is 0 Å². The summed E-state index contributed by atoms with van der Waals surface area (Å²) in [6, 6.07) is 4.61. The van der Waals surface area contributed by atoms with Crippen LogP contribution in [0.5, 0.6) is 0 Å². The Kier molecular flexibility index (Phi) is 3.34. The minimum absolute atomic E-state index is 0.159. The number of aromatic nitrogens is 1. The molecule has 0 spiro atoms. The average Bonchev–Trinajstić information content (AvgIpc) is 2.19. The molecule has 0 aliphatic carbocycles. The van der Waals surface area contributed by atoms with Crippen LogP contribution < -0.4 is 0 Å². The van der Waals surface area contributed by atoms with Gasteiger partial charge in [-0.25, -0.2) is 9.78 Å². The van der Waals surface area contributed by atoms with Gasteiger partial charge in [0.25, 0.3) is 0 Å². The first-order chi connectivity index (χ1) is 6.69. The smallest absolute Gasteiger partial charge is 0.424 e. The van der Waals surface area contributed by atoms with E-state index in [2.05, 4.69) is 14.5 Å². The normalized spacial score (nSPS) is 9.00. The fraction of sp³-hybridized carbons (Fsp3) is 0.125. The molecule has 0 aliphatic rings. The van der Waals surface area contributed by atoms with Crippen LogP contribution in [0.25, 0.3) is 5.53 Å². The Morgan fingerprint density at radius 1 is 1.64 bits per heavy atom. The zero-order valence-corrected chi connectivity index (χ0v) is 8.02. The van der Waals surface area contributed by atoms with Gasteiger partial charge in [0, 0.05) is 0 Å². The second kappa shape index (κ2) is 4.50. The van der Waals surface area contributed by atoms with Crippen LogP contribution in [-0.2, 0) is 9.53 Å². The molecule has 0 aromatic carbocycles. The summed E-state index contributed by atoms with van der Waals surface area (Å²) >= 11 is 5.59. The van der Waals surface area contributed by atoms with E-state index in [4.69, 9.17) is 17.1 Å². The number of nitrogens with zero attached hydrogens (tertiary/aromatic N) is 3. The van der Waals surface area contributed by atoms with Gasteiger partial charge in [0.05, 0.1) is 7.11 Å². The van der Waals surface area contributed by atoms with Gasteiger partial charge >= 0.3 is 11.7 Å². The lowest BCUT2D eigenvalue weighted by atomic mass is 10.2. The molecule has 1 heterocycles. The largest absolute Gasteiger partial charge is 0.460 e. The molecule has 0 aliphatic heterocycles. The van der Waals surface area contributed by atoms with E-state index in [0.717, 1.165) is 0 Å². The Labute approximate surface area is 84.9 Å². The summed E-state index contributed by atoms with van der Waals surface area (Å²) < 4.78 is 4.38. The highest BCUT2D eigenvalue weighted by molar-refractivity contribution is 6.40. The van der Waals surface area contributed by atoms with Gasteiger partial charge < -0.3 is 10.3 Å². The predicted octanol–water partition coefficient (Wildman–Crippen LogP) is 0.927. The fourth-order valence-electron chi connectivity index (χ4n) is 0.833. The summed E-state index contributed by atoms with van der Waals surface area (Å²) in [7, 11) is 1.18. The second-order valence-electron chi connectivity index (χ2n) is 2.29. The molecule has 0 radical (unpaired) electrons. The van der Waals surface area contributed by atoms with E-state index in [1.54, 1.807) is 6.07 Å². The summed E-state index contributed by atoms with van der Waals surface area (Å²) in [4.78, 5) is 17.6. The summed E-state index contributed by atoms with van der Waals surface area (Å²) in [5.74, 6) is -0.776. The second-order valence-corrected chi connectivity index (χ2v) is 2.67. The average molecular weight is 212 g/mol. The van der Waals surface area contributed by atoms with E-state index in [9.17, 15) is 4.79 Å². The van der Waals surface area contributed by atoms with Crippen molar-refractivity contribution in [1.29, 1.82) is 0 Å². The minimum atomic E-state index is -0.776. The summed E-state index contributed by atoms with van der Waals surface area (Å²) in [5, 5.41) is 0.201. The lowest BCUT2D eigenvalue weighted by Crippen LogP contribution is -2.19. The van der Waals surface area contributed by atoms with Crippen LogP contribution in [0.3, 0.4) is 0 Å². The third kappa shape index (κ3) is 2.16. The molecule has 6 heteroatoms. The Hall–Kier alpha value is -1.71. The molecule has 14 heavy (non-hydrogen) atoms. The molecule has 1 aromatic heterocycles. The van der Waals surface area contributed by atoms with Gasteiger partial charge in [-0.1, -0.05) is 17.7 Å². The fourth-order valence-corrected chi connectivity index (χ4v) is 0.997. The van der Waals surface area contributed by atoms with Crippen molar-refractivity contribution in [3.63, 3.8) is 0 Å². The molecule has 5 nitrogen and oxygen atoms in total. The lowest BCUT2D eigenvalue weighted by Gasteiger charge is -1.94. The zero-order chi connectivity index (χ0) is 10.6. The highest BCUT2D eigenvalue weighted by atomic mass is 35.5. The Morgan fingerprint density at radius 2 is 2.36 bits per heavy atom. The third-order valence-electron chi connectivity index (χ3n) is 1.44. The number of esters is 1. The molecule has 1 aromatic rings. The predicted molar refractivity (Wildman–Crippen MR) is 49.0 cm³/mol. The lowest BCUT2D eigenvalue weighted by molar-refractivity contribution is -0.137. The van der Waals surface area contributed by atoms with Crippen LogP contribution in [0.1, 0.15) is 5.69 Å². The van der Waals surface area contributed by atoms with Gasteiger partial charge in [0.1, 0.15) is 5.15 Å². The van der Waals surface area contributed by atoms with E-state index in [0.29, 0.717) is 0 Å². The number of halogens is 1. The maximum atomic E-state index is 11.1. The Balaban J connectivity index is 3.15. The van der Waals surface area contributed by atoms with Crippen molar-refractivity contribution in [3.05, 3.63) is 34.6 Å². The first-order valence-corrected chi connectivity index (χ1v) is 4.00. The van der Waals surface area contributed by atoms with Crippen molar-refractivity contribution in [3.8, 4) is 0 Å². The molecule has 0 bridgehead atoms. The molecule has 0 N–H and O–H groups in total. The molecule has 1 rings (SSSR count). The number of pyridine rings is 1. The summed E-state index contributed by atoms with van der Waals surface area (Å²) in [6.45, 7) is 0. The van der Waals surface area contributed by atoms with E-state index >= 15 is 0 Å². The van der Waals surface area contributed by atoms with Crippen LogP contribution in [0.2, 0.25) is 5.15 Å². The molecule has 0 saturated carbocycles. The van der Waals surface area contributed by atoms with Crippen LogP contribution >= 0.6 is 11.6 Å². The van der Waals surface area contributed by atoms with Gasteiger partial charge in [0.2, 0.25) is 0 Å². The number of carbonyl (C=O) groups is 1. The minimum Gasteiger partial charge on any atom is -0.460 e. The first kappa shape index (κ1) is 10.4. The monoisotopic (exact) mass is 211 g/mol. The summed E-state index contributed by atoms with van der Waals surface area (Å²) in [5.41, 5.74) is 8.45. The van der Waals surface area contributed by atoms with Gasteiger partial charge in [-0.3, -0.25) is 0 Å². The number of rotatable bonds is 2. The quantitative estimate of drug-likeness (QED) is 0.240. The first-order valence-electron chi connectivity index (χ1n) is 3.62. The molecule has 0 saturated heterocycles. The summed E-state index contributed by atoms with van der Waals surface area (Å²) in [6.07, 6.45) is 0. The zero-order valence-electron chi connectivity index (χ0n) is 7.27. The van der Waals surface area contributed by atoms with Crippen molar-refractivity contribution >= 4 is 23.3 Å². The molecular formula is C8H6ClN3O2. The van der Waals surface area contributed by atoms with Gasteiger partial charge in [-0.15, -0.1) is 0 Å². The molecule has 0 fully saturated rings. The molecule has 0 unspecified atom stereocenters. The molecular weight excluding hydrogens is 206 g/mol. The Morgan fingerprint density at radius 3 is 2.86 bits per heavy atom. The number of ether oxygens (including phenoxy) is 1. The standard InChI is InChI=1S/C8H6ClN3O2/c1-14-8(13)7(12-10)5-3-2-4-6(9)11-5/h2-4H,1H3. The van der Waals surface area contributed by atoms with Crippen LogP contribution in [-0.4, -0.2) is 28.6 Å². The van der Waals surface area contributed by atoms with Crippen molar-refractivity contribution in [1.82, 2.24) is 4.98 Å². The van der Waals surface area contributed by atoms with Crippen molar-refractivity contribution in [2.24, 2.45) is 0 Å². The van der Waals surface area contributed by atoms with Crippen molar-refractivity contribution in [2.75, 3.05) is 7.11 Å². The van der Waals surface area contributed by atoms with E-state index < -0.39 is 5.97 Å². The van der Waals surface area contributed by atoms with Crippen molar-refractivity contribution in [2.45, 2.75) is 0 Å². The maximum Gasteiger partial charge on any atom is 0.424 e. The number of methoxy groups -OCH3 is 1. The van der Waals surface area contributed by atoms with E-state index in [-0.39, 0.29) is 16.6 Å². The van der Waals surface area contributed by atoms with Crippen LogP contribution in [0, 0.1) is 0 Å². The van der Waals surface area contributed by atoms with E-state index in [1.165, 1.54) is 19.2 Å². The van der Waals surface area contributed by atoms with Gasteiger partial charge in [-0.05, 0) is 12.1 Å². The third-order valence-corrected chi connectivity index (χ3v) is 1.65. The number of hydrogen-bond acceptors (Lipinski definition) is 3. The van der Waals surface area contributed by atoms with Gasteiger partial charge in [-0.2, -0.15) is 4.79 Å². The number of hydrogen-bond donors (Lipinski definition) is 0. The SMILES string of the molecule is COC(=O)C(=[N+]=[N-])c1cccc(Cl)n1. The maximum absolute atomic E-state index is 11.1. The highest BCUT2D eigenvalue weighted by Gasteiger charge is 2.25. The molecule has 0 atom stereocenters. The van der Waals surface area contributed by atoms with Crippen LogP contribution in [0.15, 0.2) is 18.2 Å². The highest BCUT2D eigenvalue weighted by Crippen LogP contribution is 2.05.